The number of hydrogen-bond donors (Lipinski definition) is 1. The van der Waals surface area contributed by atoms with Crippen molar-refractivity contribution >= 4 is 35.1 Å². The maximum Gasteiger partial charge on any atom is 0.409 e. The maximum absolute atomic E-state index is 12.8. The van der Waals surface area contributed by atoms with E-state index in [-0.39, 0.29) is 19.3 Å². The van der Waals surface area contributed by atoms with Gasteiger partial charge in [-0.25, -0.2) is 19.2 Å². The molecule has 1 aromatic carbocycles. The maximum atomic E-state index is 12.8. The zero-order chi connectivity index (χ0) is 24.0. The molecule has 180 valence electrons. The third-order valence-corrected chi connectivity index (χ3v) is 5.97. The number of carbonyl (C=O) groups excluding carboxylic acids is 1. The topological polar surface area (TPSA) is 76.6 Å². The standard InChI is InChI=1S/C23H29Cl2FN4O3/c1-4-17-21(15-8-7-14(24)11-16(15)25)27-18(5-2)22(28-17)29-19-12-30(23(31)32-6-3)13-20(19)33-10-9-26/h7-8,11,19-20H,4-6,9-10,12-13H2,1-3H3,(H,28,29)/t19-,20+/m1/s1. The van der Waals surface area contributed by atoms with E-state index in [1.165, 1.54) is 0 Å². The van der Waals surface area contributed by atoms with Crippen molar-refractivity contribution in [1.82, 2.24) is 14.9 Å². The Morgan fingerprint density at radius 1 is 1.18 bits per heavy atom. The SMILES string of the molecule is CCOC(=O)N1C[C@H](OCCF)[C@H](Nc2nc(CC)c(-c3ccc(Cl)cc3Cl)nc2CC)C1. The smallest absolute Gasteiger partial charge is 0.409 e. The molecule has 1 fully saturated rings. The molecule has 2 aromatic rings. The highest BCUT2D eigenvalue weighted by Gasteiger charge is 2.37. The first-order valence-electron chi connectivity index (χ1n) is 11.1. The first-order valence-corrected chi connectivity index (χ1v) is 11.9. The molecule has 1 aromatic heterocycles. The molecule has 1 aliphatic heterocycles. The number of anilines is 1. The van der Waals surface area contributed by atoms with Crippen LogP contribution in [0.5, 0.6) is 0 Å². The number of ether oxygens (including phenoxy) is 2. The van der Waals surface area contributed by atoms with Gasteiger partial charge < -0.3 is 19.7 Å². The average Bonchev–Trinajstić information content (AvgIpc) is 3.20. The number of carbonyl (C=O) groups is 1. The Bertz CT molecular complexity index is 979. The summed E-state index contributed by atoms with van der Waals surface area (Å²) < 4.78 is 23.6. The van der Waals surface area contributed by atoms with Crippen molar-refractivity contribution in [2.75, 3.05) is 38.3 Å². The van der Waals surface area contributed by atoms with Crippen molar-refractivity contribution < 1.29 is 18.7 Å². The minimum Gasteiger partial charge on any atom is -0.450 e. The fourth-order valence-corrected chi connectivity index (χ4v) is 4.33. The summed E-state index contributed by atoms with van der Waals surface area (Å²) in [5.41, 5.74) is 3.02. The highest BCUT2D eigenvalue weighted by molar-refractivity contribution is 6.36. The molecule has 2 atom stereocenters. The van der Waals surface area contributed by atoms with Crippen molar-refractivity contribution in [3.05, 3.63) is 39.6 Å². The zero-order valence-corrected chi connectivity index (χ0v) is 20.5. The first-order chi connectivity index (χ1) is 15.9. The number of hydrogen-bond acceptors (Lipinski definition) is 6. The van der Waals surface area contributed by atoms with Crippen LogP contribution in [0.25, 0.3) is 11.3 Å². The second-order valence-corrected chi connectivity index (χ2v) is 8.44. The third kappa shape index (κ3) is 6.05. The van der Waals surface area contributed by atoms with Crippen LogP contribution in [0.15, 0.2) is 18.2 Å². The Balaban J connectivity index is 1.92. The van der Waals surface area contributed by atoms with Gasteiger partial charge in [0, 0.05) is 17.1 Å². The van der Waals surface area contributed by atoms with E-state index >= 15 is 0 Å². The van der Waals surface area contributed by atoms with Crippen molar-refractivity contribution in [3.8, 4) is 11.3 Å². The molecule has 1 amide bonds. The molecular weight excluding hydrogens is 470 g/mol. The normalized spacial score (nSPS) is 17.9. The number of aromatic nitrogens is 2. The lowest BCUT2D eigenvalue weighted by Crippen LogP contribution is -2.36. The number of aryl methyl sites for hydroxylation is 2. The minimum atomic E-state index is -0.598. The largest absolute Gasteiger partial charge is 0.450 e. The number of rotatable bonds is 9. The van der Waals surface area contributed by atoms with Gasteiger partial charge in [0.25, 0.3) is 0 Å². The van der Waals surface area contributed by atoms with Crippen molar-refractivity contribution in [3.63, 3.8) is 0 Å². The van der Waals surface area contributed by atoms with Crippen LogP contribution < -0.4 is 5.32 Å². The number of benzene rings is 1. The van der Waals surface area contributed by atoms with Crippen LogP contribution in [0.1, 0.15) is 32.2 Å². The molecular formula is C23H29Cl2FN4O3. The van der Waals surface area contributed by atoms with Gasteiger partial charge in [-0.1, -0.05) is 37.0 Å². The van der Waals surface area contributed by atoms with Gasteiger partial charge in [-0.2, -0.15) is 0 Å². The number of nitrogens with one attached hydrogen (secondary N) is 1. The summed E-state index contributed by atoms with van der Waals surface area (Å²) in [6, 6.07) is 5.02. The quantitative estimate of drug-likeness (QED) is 0.512. The lowest BCUT2D eigenvalue weighted by molar-refractivity contribution is 0.0433. The van der Waals surface area contributed by atoms with E-state index < -0.39 is 18.9 Å². The van der Waals surface area contributed by atoms with Crippen LogP contribution in [0.3, 0.4) is 0 Å². The first kappa shape index (κ1) is 25.5. The summed E-state index contributed by atoms with van der Waals surface area (Å²) in [5.74, 6) is 0.618. The van der Waals surface area contributed by atoms with Gasteiger partial charge in [0.05, 0.1) is 54.0 Å². The third-order valence-electron chi connectivity index (χ3n) is 5.42. The second-order valence-electron chi connectivity index (χ2n) is 7.60. The van der Waals surface area contributed by atoms with E-state index in [2.05, 4.69) is 5.32 Å². The molecule has 10 heteroatoms. The Labute approximate surface area is 203 Å². The zero-order valence-electron chi connectivity index (χ0n) is 19.0. The molecule has 0 spiro atoms. The molecule has 3 rings (SSSR count). The molecule has 1 saturated heterocycles. The van der Waals surface area contributed by atoms with Crippen LogP contribution in [-0.2, 0) is 22.3 Å². The highest BCUT2D eigenvalue weighted by Crippen LogP contribution is 2.33. The Morgan fingerprint density at radius 3 is 2.58 bits per heavy atom. The second kappa shape index (κ2) is 11.8. The van der Waals surface area contributed by atoms with Crippen LogP contribution >= 0.6 is 23.2 Å². The molecule has 2 heterocycles. The predicted octanol–water partition coefficient (Wildman–Crippen LogP) is 5.18. The van der Waals surface area contributed by atoms with Crippen LogP contribution in [0.2, 0.25) is 10.0 Å². The number of likely N-dealkylation sites (tertiary alicyclic amines) is 1. The molecule has 0 saturated carbocycles. The number of halogens is 3. The molecule has 33 heavy (non-hydrogen) atoms. The van der Waals surface area contributed by atoms with E-state index in [0.717, 1.165) is 17.0 Å². The molecule has 0 aliphatic carbocycles. The molecule has 1 N–H and O–H groups in total. The Morgan fingerprint density at radius 2 is 1.94 bits per heavy atom. The van der Waals surface area contributed by atoms with Crippen LogP contribution in [0.4, 0.5) is 15.0 Å². The van der Waals surface area contributed by atoms with Gasteiger partial charge in [0.2, 0.25) is 0 Å². The lowest BCUT2D eigenvalue weighted by atomic mass is 10.1. The average molecular weight is 499 g/mol. The summed E-state index contributed by atoms with van der Waals surface area (Å²) in [6.45, 7) is 6.05. The molecule has 0 bridgehead atoms. The number of nitrogens with zero attached hydrogens (tertiary/aromatic N) is 3. The number of alkyl halides is 1. The summed E-state index contributed by atoms with van der Waals surface area (Å²) in [7, 11) is 0. The fourth-order valence-electron chi connectivity index (χ4n) is 3.83. The lowest BCUT2D eigenvalue weighted by Gasteiger charge is -2.22. The minimum absolute atomic E-state index is 0.0416. The molecule has 1 aliphatic rings. The summed E-state index contributed by atoms with van der Waals surface area (Å²) in [4.78, 5) is 23.5. The van der Waals surface area contributed by atoms with E-state index in [4.69, 9.17) is 42.6 Å². The highest BCUT2D eigenvalue weighted by atomic mass is 35.5. The summed E-state index contributed by atoms with van der Waals surface area (Å²) >= 11 is 12.5. The number of amides is 1. The van der Waals surface area contributed by atoms with Gasteiger partial charge in [-0.15, -0.1) is 0 Å². The van der Waals surface area contributed by atoms with Crippen LogP contribution in [-0.4, -0.2) is 66.1 Å². The van der Waals surface area contributed by atoms with Crippen molar-refractivity contribution in [2.24, 2.45) is 0 Å². The summed E-state index contributed by atoms with van der Waals surface area (Å²) in [6.07, 6.45) is 0.454. The van der Waals surface area contributed by atoms with E-state index in [0.29, 0.717) is 47.5 Å². The van der Waals surface area contributed by atoms with E-state index in [9.17, 15) is 9.18 Å². The van der Waals surface area contributed by atoms with Gasteiger partial charge >= 0.3 is 6.09 Å². The van der Waals surface area contributed by atoms with Gasteiger partial charge in [-0.3, -0.25) is 0 Å². The predicted molar refractivity (Wildman–Crippen MR) is 128 cm³/mol. The molecule has 0 radical (unpaired) electrons. The fraction of sp³-hybridized carbons (Fsp3) is 0.522. The van der Waals surface area contributed by atoms with Crippen LogP contribution in [0, 0.1) is 0 Å². The summed E-state index contributed by atoms with van der Waals surface area (Å²) in [5, 5.41) is 4.46. The van der Waals surface area contributed by atoms with Crippen molar-refractivity contribution in [2.45, 2.75) is 45.8 Å². The van der Waals surface area contributed by atoms with E-state index in [1.54, 1.807) is 24.0 Å². The van der Waals surface area contributed by atoms with Crippen molar-refractivity contribution in [1.29, 1.82) is 0 Å². The Kier molecular flexibility index (Phi) is 9.11. The molecule has 0 unspecified atom stereocenters. The van der Waals surface area contributed by atoms with E-state index in [1.807, 2.05) is 19.9 Å². The van der Waals surface area contributed by atoms with Gasteiger partial charge in [-0.05, 0) is 38.0 Å². The van der Waals surface area contributed by atoms with Gasteiger partial charge in [0.1, 0.15) is 12.5 Å². The monoisotopic (exact) mass is 498 g/mol. The van der Waals surface area contributed by atoms with Gasteiger partial charge in [0.15, 0.2) is 0 Å². The Hall–Kier alpha value is -2.16. The molecule has 7 nitrogen and oxygen atoms in total.